The molecule has 3 heteroatoms. The summed E-state index contributed by atoms with van der Waals surface area (Å²) in [5, 5.41) is 3.34. The third-order valence-electron chi connectivity index (χ3n) is 4.92. The molecule has 2 saturated heterocycles. The van der Waals surface area contributed by atoms with Gasteiger partial charge in [0.05, 0.1) is 0 Å². The van der Waals surface area contributed by atoms with Gasteiger partial charge < -0.3 is 10.2 Å². The van der Waals surface area contributed by atoms with Gasteiger partial charge in [0.2, 0.25) is 5.91 Å². The van der Waals surface area contributed by atoms with Gasteiger partial charge in [0, 0.05) is 19.5 Å². The van der Waals surface area contributed by atoms with E-state index >= 15 is 0 Å². The van der Waals surface area contributed by atoms with E-state index in [1.165, 1.54) is 25.7 Å². The second-order valence-corrected chi connectivity index (χ2v) is 5.84. The predicted octanol–water partition coefficient (Wildman–Crippen LogP) is 2.02. The summed E-state index contributed by atoms with van der Waals surface area (Å²) in [6.07, 6.45) is 5.55. The monoisotopic (exact) mass is 238 g/mol. The second-order valence-electron chi connectivity index (χ2n) is 5.84. The molecule has 2 aliphatic heterocycles. The molecule has 1 N–H and O–H groups in total. The third-order valence-corrected chi connectivity index (χ3v) is 4.92. The Hall–Kier alpha value is -0.570. The van der Waals surface area contributed by atoms with E-state index in [2.05, 4.69) is 24.1 Å². The van der Waals surface area contributed by atoms with Crippen LogP contribution in [0.1, 0.15) is 46.0 Å². The van der Waals surface area contributed by atoms with Gasteiger partial charge in [-0.15, -0.1) is 0 Å². The standard InChI is InChI=1S/C14H26N2O/c1-3-14(4-2)6-8-16(11-14)13(17)9-12-5-7-15-10-12/h12,15H,3-11H2,1-2H3. The van der Waals surface area contributed by atoms with Crippen LogP contribution in [0.4, 0.5) is 0 Å². The lowest BCUT2D eigenvalue weighted by molar-refractivity contribution is -0.131. The van der Waals surface area contributed by atoms with Gasteiger partial charge in [-0.25, -0.2) is 0 Å². The summed E-state index contributed by atoms with van der Waals surface area (Å²) in [5.41, 5.74) is 0.420. The van der Waals surface area contributed by atoms with Gasteiger partial charge in [-0.2, -0.15) is 0 Å². The Morgan fingerprint density at radius 2 is 2.18 bits per heavy atom. The zero-order valence-corrected chi connectivity index (χ0v) is 11.3. The van der Waals surface area contributed by atoms with Gasteiger partial charge in [-0.3, -0.25) is 4.79 Å². The Morgan fingerprint density at radius 1 is 1.41 bits per heavy atom. The van der Waals surface area contributed by atoms with Crippen molar-refractivity contribution in [1.29, 1.82) is 0 Å². The van der Waals surface area contributed by atoms with Crippen molar-refractivity contribution in [3.8, 4) is 0 Å². The highest BCUT2D eigenvalue weighted by Crippen LogP contribution is 2.37. The quantitative estimate of drug-likeness (QED) is 0.812. The molecule has 17 heavy (non-hydrogen) atoms. The van der Waals surface area contributed by atoms with E-state index < -0.39 is 0 Å². The Labute approximate surface area is 105 Å². The number of rotatable bonds is 4. The molecule has 2 heterocycles. The molecule has 0 aromatic heterocycles. The number of nitrogens with one attached hydrogen (secondary N) is 1. The molecule has 0 aliphatic carbocycles. The van der Waals surface area contributed by atoms with Crippen LogP contribution >= 0.6 is 0 Å². The minimum absolute atomic E-state index is 0.391. The molecule has 0 radical (unpaired) electrons. The fraction of sp³-hybridized carbons (Fsp3) is 0.929. The van der Waals surface area contributed by atoms with Gasteiger partial charge >= 0.3 is 0 Å². The molecule has 1 atom stereocenters. The van der Waals surface area contributed by atoms with Crippen LogP contribution in [-0.4, -0.2) is 37.0 Å². The number of hydrogen-bond acceptors (Lipinski definition) is 2. The Kier molecular flexibility index (Phi) is 4.08. The Bertz CT molecular complexity index is 267. The molecular weight excluding hydrogens is 212 g/mol. The first-order valence-electron chi connectivity index (χ1n) is 7.17. The maximum absolute atomic E-state index is 12.2. The van der Waals surface area contributed by atoms with E-state index in [1.807, 2.05) is 0 Å². The summed E-state index contributed by atoms with van der Waals surface area (Å²) in [7, 11) is 0. The molecule has 1 amide bonds. The lowest BCUT2D eigenvalue weighted by Crippen LogP contribution is -2.33. The van der Waals surface area contributed by atoms with E-state index in [0.717, 1.165) is 32.6 Å². The largest absolute Gasteiger partial charge is 0.342 e. The number of nitrogens with zero attached hydrogens (tertiary/aromatic N) is 1. The molecular formula is C14H26N2O. The molecule has 2 rings (SSSR count). The molecule has 0 bridgehead atoms. The normalized spacial score (nSPS) is 27.6. The zero-order chi connectivity index (χ0) is 12.3. The topological polar surface area (TPSA) is 32.3 Å². The highest BCUT2D eigenvalue weighted by molar-refractivity contribution is 5.76. The van der Waals surface area contributed by atoms with Gasteiger partial charge in [0.1, 0.15) is 0 Å². The second kappa shape index (κ2) is 5.38. The summed E-state index contributed by atoms with van der Waals surface area (Å²) in [4.78, 5) is 14.3. The highest BCUT2D eigenvalue weighted by Gasteiger charge is 2.37. The number of carbonyl (C=O) groups is 1. The van der Waals surface area contributed by atoms with Crippen LogP contribution in [0.5, 0.6) is 0 Å². The van der Waals surface area contributed by atoms with Crippen LogP contribution in [0.15, 0.2) is 0 Å². The number of hydrogen-bond donors (Lipinski definition) is 1. The number of amides is 1. The van der Waals surface area contributed by atoms with Crippen molar-refractivity contribution < 1.29 is 4.79 Å². The molecule has 0 spiro atoms. The van der Waals surface area contributed by atoms with Crippen molar-refractivity contribution in [3.63, 3.8) is 0 Å². The van der Waals surface area contributed by atoms with Gasteiger partial charge in [-0.1, -0.05) is 13.8 Å². The molecule has 1 unspecified atom stereocenters. The fourth-order valence-corrected chi connectivity index (χ4v) is 3.24. The lowest BCUT2D eigenvalue weighted by Gasteiger charge is -2.26. The third kappa shape index (κ3) is 2.82. The van der Waals surface area contributed by atoms with Crippen LogP contribution in [0.2, 0.25) is 0 Å². The van der Waals surface area contributed by atoms with Crippen molar-refractivity contribution >= 4 is 5.91 Å². The fourth-order valence-electron chi connectivity index (χ4n) is 3.24. The summed E-state index contributed by atoms with van der Waals surface area (Å²) in [6, 6.07) is 0. The molecule has 0 saturated carbocycles. The van der Waals surface area contributed by atoms with Gasteiger partial charge in [0.15, 0.2) is 0 Å². The number of carbonyl (C=O) groups excluding carboxylic acids is 1. The van der Waals surface area contributed by atoms with E-state index in [0.29, 0.717) is 17.2 Å². The van der Waals surface area contributed by atoms with Crippen LogP contribution < -0.4 is 5.32 Å². The summed E-state index contributed by atoms with van der Waals surface area (Å²) in [6.45, 7) is 8.63. The molecule has 2 fully saturated rings. The molecule has 98 valence electrons. The molecule has 2 aliphatic rings. The average molecular weight is 238 g/mol. The van der Waals surface area contributed by atoms with E-state index in [9.17, 15) is 4.79 Å². The zero-order valence-electron chi connectivity index (χ0n) is 11.3. The van der Waals surface area contributed by atoms with Gasteiger partial charge in [-0.05, 0) is 50.1 Å². The van der Waals surface area contributed by atoms with Crippen LogP contribution in [0.25, 0.3) is 0 Å². The maximum Gasteiger partial charge on any atom is 0.222 e. The van der Waals surface area contributed by atoms with E-state index in [-0.39, 0.29) is 0 Å². The SMILES string of the molecule is CCC1(CC)CCN(C(=O)CC2CCNC2)C1. The minimum atomic E-state index is 0.391. The summed E-state index contributed by atoms with van der Waals surface area (Å²) in [5.74, 6) is 0.975. The van der Waals surface area contributed by atoms with Crippen LogP contribution in [-0.2, 0) is 4.79 Å². The summed E-state index contributed by atoms with van der Waals surface area (Å²) < 4.78 is 0. The predicted molar refractivity (Wildman–Crippen MR) is 69.8 cm³/mol. The highest BCUT2D eigenvalue weighted by atomic mass is 16.2. The van der Waals surface area contributed by atoms with Crippen molar-refractivity contribution in [1.82, 2.24) is 10.2 Å². The van der Waals surface area contributed by atoms with Crippen molar-refractivity contribution in [2.45, 2.75) is 46.0 Å². The van der Waals surface area contributed by atoms with E-state index in [4.69, 9.17) is 0 Å². The van der Waals surface area contributed by atoms with Crippen LogP contribution in [0, 0.1) is 11.3 Å². The first-order chi connectivity index (χ1) is 8.19. The number of likely N-dealkylation sites (tertiary alicyclic amines) is 1. The maximum atomic E-state index is 12.2. The van der Waals surface area contributed by atoms with Crippen molar-refractivity contribution in [2.24, 2.45) is 11.3 Å². The summed E-state index contributed by atoms with van der Waals surface area (Å²) >= 11 is 0. The Balaban J connectivity index is 1.84. The van der Waals surface area contributed by atoms with Crippen molar-refractivity contribution in [2.75, 3.05) is 26.2 Å². The smallest absolute Gasteiger partial charge is 0.222 e. The Morgan fingerprint density at radius 3 is 2.71 bits per heavy atom. The molecule has 3 nitrogen and oxygen atoms in total. The molecule has 0 aromatic carbocycles. The van der Waals surface area contributed by atoms with Gasteiger partial charge in [0.25, 0.3) is 0 Å². The minimum Gasteiger partial charge on any atom is -0.342 e. The van der Waals surface area contributed by atoms with Crippen LogP contribution in [0.3, 0.4) is 0 Å². The van der Waals surface area contributed by atoms with Crippen molar-refractivity contribution in [3.05, 3.63) is 0 Å². The lowest BCUT2D eigenvalue weighted by atomic mass is 9.82. The first kappa shape index (κ1) is 12.9. The molecule has 0 aromatic rings. The first-order valence-corrected chi connectivity index (χ1v) is 7.17. The van der Waals surface area contributed by atoms with E-state index in [1.54, 1.807) is 0 Å². The average Bonchev–Trinajstić information content (AvgIpc) is 2.97.